The minimum Gasteiger partial charge on any atom is -0.468 e. The Balaban J connectivity index is 2.27. The molecule has 0 atom stereocenters. The molecule has 0 unspecified atom stereocenters. The third-order valence-electron chi connectivity index (χ3n) is 2.23. The summed E-state index contributed by atoms with van der Waals surface area (Å²) in [4.78, 5) is 11.9. The maximum absolute atomic E-state index is 10.6. The zero-order valence-electron chi connectivity index (χ0n) is 9.04. The van der Waals surface area contributed by atoms with Crippen molar-refractivity contribution in [3.05, 3.63) is 46.4 Å². The van der Waals surface area contributed by atoms with Crippen LogP contribution in [0.3, 0.4) is 0 Å². The topological polar surface area (TPSA) is 82.3 Å². The Morgan fingerprint density at radius 2 is 2.18 bits per heavy atom. The molecule has 88 valence electrons. The molecule has 0 saturated heterocycles. The van der Waals surface area contributed by atoms with Crippen molar-refractivity contribution in [2.45, 2.75) is 16.7 Å². The van der Waals surface area contributed by atoms with E-state index in [2.05, 4.69) is 0 Å². The molecule has 0 aliphatic heterocycles. The first-order valence-corrected chi connectivity index (χ1v) is 5.65. The van der Waals surface area contributed by atoms with Gasteiger partial charge in [-0.1, -0.05) is 11.8 Å². The number of furan rings is 1. The minimum atomic E-state index is -0.493. The zero-order valence-corrected chi connectivity index (χ0v) is 9.86. The second-order valence-corrected chi connectivity index (χ2v) is 4.54. The third kappa shape index (κ3) is 2.42. The number of nitrogens with two attached hydrogens (primary N) is 1. The molecule has 2 N–H and O–H groups in total. The molecule has 0 saturated carbocycles. The molecule has 1 heterocycles. The van der Waals surface area contributed by atoms with Gasteiger partial charge in [-0.05, 0) is 25.1 Å². The Kier molecular flexibility index (Phi) is 3.06. The van der Waals surface area contributed by atoms with Crippen LogP contribution >= 0.6 is 11.8 Å². The van der Waals surface area contributed by atoms with E-state index in [4.69, 9.17) is 10.2 Å². The lowest BCUT2D eigenvalue weighted by Gasteiger charge is -2.02. The van der Waals surface area contributed by atoms with Gasteiger partial charge in [-0.15, -0.1) is 0 Å². The number of anilines is 1. The Morgan fingerprint density at radius 3 is 2.71 bits per heavy atom. The predicted molar refractivity (Wildman–Crippen MR) is 65.1 cm³/mol. The molecular weight excluding hydrogens is 240 g/mol. The molecule has 2 rings (SSSR count). The van der Waals surface area contributed by atoms with Crippen LogP contribution in [0, 0.1) is 17.0 Å². The van der Waals surface area contributed by atoms with Crippen LogP contribution in [0.25, 0.3) is 0 Å². The molecule has 5 nitrogen and oxygen atoms in total. The molecule has 0 spiro atoms. The number of hydrogen-bond acceptors (Lipinski definition) is 5. The lowest BCUT2D eigenvalue weighted by molar-refractivity contribution is -0.383. The molecule has 6 heteroatoms. The van der Waals surface area contributed by atoms with E-state index in [0.29, 0.717) is 0 Å². The fourth-order valence-corrected chi connectivity index (χ4v) is 2.26. The second-order valence-electron chi connectivity index (χ2n) is 3.42. The van der Waals surface area contributed by atoms with Gasteiger partial charge in [0.1, 0.15) is 11.4 Å². The van der Waals surface area contributed by atoms with E-state index in [-0.39, 0.29) is 11.4 Å². The lowest BCUT2D eigenvalue weighted by Crippen LogP contribution is -1.95. The van der Waals surface area contributed by atoms with Gasteiger partial charge in [-0.2, -0.15) is 0 Å². The van der Waals surface area contributed by atoms with Crippen LogP contribution in [0.15, 0.2) is 44.7 Å². The van der Waals surface area contributed by atoms with Crippen molar-refractivity contribution in [1.29, 1.82) is 0 Å². The quantitative estimate of drug-likeness (QED) is 0.513. The molecule has 1 aromatic carbocycles. The molecule has 17 heavy (non-hydrogen) atoms. The maximum Gasteiger partial charge on any atom is 0.292 e. The molecule has 2 aromatic rings. The van der Waals surface area contributed by atoms with E-state index >= 15 is 0 Å². The van der Waals surface area contributed by atoms with Crippen LogP contribution in [-0.4, -0.2) is 4.92 Å². The standard InChI is InChI=1S/C11H10N2O3S/c1-7-11(4-5-16-7)17-8-2-3-10(13(14)15)9(12)6-8/h2-6H,12H2,1H3. The van der Waals surface area contributed by atoms with E-state index < -0.39 is 4.92 Å². The Morgan fingerprint density at radius 1 is 1.41 bits per heavy atom. The van der Waals surface area contributed by atoms with Gasteiger partial charge in [0.25, 0.3) is 5.69 Å². The highest BCUT2D eigenvalue weighted by Gasteiger charge is 2.12. The molecule has 0 fully saturated rings. The van der Waals surface area contributed by atoms with Crippen LogP contribution < -0.4 is 5.73 Å². The average molecular weight is 250 g/mol. The average Bonchev–Trinajstić information content (AvgIpc) is 2.64. The Hall–Kier alpha value is -1.95. The van der Waals surface area contributed by atoms with Gasteiger partial charge in [0.15, 0.2) is 0 Å². The number of nitro groups is 1. The first-order chi connectivity index (χ1) is 8.08. The van der Waals surface area contributed by atoms with E-state index in [1.165, 1.54) is 17.8 Å². The first-order valence-electron chi connectivity index (χ1n) is 4.84. The smallest absolute Gasteiger partial charge is 0.292 e. The van der Waals surface area contributed by atoms with Crippen molar-refractivity contribution < 1.29 is 9.34 Å². The van der Waals surface area contributed by atoms with Gasteiger partial charge in [-0.25, -0.2) is 0 Å². The van der Waals surface area contributed by atoms with Gasteiger partial charge in [-0.3, -0.25) is 10.1 Å². The summed E-state index contributed by atoms with van der Waals surface area (Å²) < 4.78 is 5.17. The number of hydrogen-bond donors (Lipinski definition) is 1. The van der Waals surface area contributed by atoms with Crippen LogP contribution in [0.1, 0.15) is 5.76 Å². The monoisotopic (exact) mass is 250 g/mol. The summed E-state index contributed by atoms with van der Waals surface area (Å²) in [6, 6.07) is 6.52. The molecule has 0 radical (unpaired) electrons. The van der Waals surface area contributed by atoms with Crippen molar-refractivity contribution in [3.63, 3.8) is 0 Å². The van der Waals surface area contributed by atoms with Crippen molar-refractivity contribution in [1.82, 2.24) is 0 Å². The van der Waals surface area contributed by atoms with Gasteiger partial charge < -0.3 is 10.2 Å². The molecule has 0 bridgehead atoms. The van der Waals surface area contributed by atoms with E-state index in [1.807, 2.05) is 13.0 Å². The maximum atomic E-state index is 10.6. The second kappa shape index (κ2) is 4.50. The highest BCUT2D eigenvalue weighted by Crippen LogP contribution is 2.34. The Bertz CT molecular complexity index is 566. The zero-order chi connectivity index (χ0) is 12.4. The highest BCUT2D eigenvalue weighted by atomic mass is 32.2. The molecule has 1 aromatic heterocycles. The number of benzene rings is 1. The fraction of sp³-hybridized carbons (Fsp3) is 0.0909. The molecule has 0 amide bonds. The van der Waals surface area contributed by atoms with Crippen molar-refractivity contribution >= 4 is 23.1 Å². The minimum absolute atomic E-state index is 0.0711. The van der Waals surface area contributed by atoms with E-state index in [1.54, 1.807) is 18.4 Å². The van der Waals surface area contributed by atoms with Gasteiger partial charge in [0.2, 0.25) is 0 Å². The van der Waals surface area contributed by atoms with Gasteiger partial charge in [0.05, 0.1) is 16.1 Å². The highest BCUT2D eigenvalue weighted by molar-refractivity contribution is 7.99. The summed E-state index contributed by atoms with van der Waals surface area (Å²) in [5.74, 6) is 0.812. The third-order valence-corrected chi connectivity index (χ3v) is 3.37. The van der Waals surface area contributed by atoms with Crippen LogP contribution in [0.4, 0.5) is 11.4 Å². The normalized spacial score (nSPS) is 10.4. The summed E-state index contributed by atoms with van der Waals surface area (Å²) in [5, 5.41) is 10.6. The van der Waals surface area contributed by atoms with Crippen molar-refractivity contribution in [2.24, 2.45) is 0 Å². The summed E-state index contributed by atoms with van der Waals surface area (Å²) in [5.41, 5.74) is 5.71. The summed E-state index contributed by atoms with van der Waals surface area (Å²) in [7, 11) is 0. The predicted octanol–water partition coefficient (Wildman–Crippen LogP) is 3.23. The van der Waals surface area contributed by atoms with Gasteiger partial charge in [0, 0.05) is 11.0 Å². The molecule has 0 aliphatic carbocycles. The Labute approximate surface area is 102 Å². The number of nitro benzene ring substituents is 1. The summed E-state index contributed by atoms with van der Waals surface area (Å²) >= 11 is 1.46. The largest absolute Gasteiger partial charge is 0.468 e. The van der Waals surface area contributed by atoms with Crippen LogP contribution in [0.5, 0.6) is 0 Å². The summed E-state index contributed by atoms with van der Waals surface area (Å²) in [6.07, 6.45) is 1.60. The van der Waals surface area contributed by atoms with Crippen LogP contribution in [-0.2, 0) is 0 Å². The van der Waals surface area contributed by atoms with Gasteiger partial charge >= 0.3 is 0 Å². The van der Waals surface area contributed by atoms with Crippen molar-refractivity contribution in [2.75, 3.05) is 5.73 Å². The lowest BCUT2D eigenvalue weighted by atomic mass is 10.3. The summed E-state index contributed by atoms with van der Waals surface area (Å²) in [6.45, 7) is 1.86. The number of nitrogens with zero attached hydrogens (tertiary/aromatic N) is 1. The molecular formula is C11H10N2O3S. The first kappa shape index (κ1) is 11.5. The number of aryl methyl sites for hydroxylation is 1. The van der Waals surface area contributed by atoms with E-state index in [9.17, 15) is 10.1 Å². The SMILES string of the molecule is Cc1occc1Sc1ccc([N+](=O)[O-])c(N)c1. The van der Waals surface area contributed by atoms with E-state index in [0.717, 1.165) is 15.6 Å². The molecule has 0 aliphatic rings. The fourth-order valence-electron chi connectivity index (χ4n) is 1.37. The van der Waals surface area contributed by atoms with Crippen molar-refractivity contribution in [3.8, 4) is 0 Å². The number of nitrogen functional groups attached to an aromatic ring is 1. The number of rotatable bonds is 3. The van der Waals surface area contributed by atoms with Crippen LogP contribution in [0.2, 0.25) is 0 Å².